The number of piperazine rings is 1. The molecule has 2 amide bonds. The van der Waals surface area contributed by atoms with Gasteiger partial charge < -0.3 is 14.7 Å². The number of amides is 2. The molecule has 2 heterocycles. The standard InChI is InChI=1S/C26H29N3O2S/c1-20-8-10-21(11-9-20)19-29(26(31)24-7-4-16-32-24)23-6-3-5-22(17-23)18-25(30)28-14-12-27(2)13-15-28/h3-11,16-17H,12-15,18-19H2,1-2H3. The highest BCUT2D eigenvalue weighted by Crippen LogP contribution is 2.24. The Balaban J connectivity index is 1.56. The predicted octanol–water partition coefficient (Wildman–Crippen LogP) is 4.22. The Bertz CT molecular complexity index is 1050. The van der Waals surface area contributed by atoms with Crippen LogP contribution >= 0.6 is 11.3 Å². The minimum atomic E-state index is -0.0249. The molecule has 0 aliphatic carbocycles. The zero-order valence-corrected chi connectivity index (χ0v) is 19.5. The summed E-state index contributed by atoms with van der Waals surface area (Å²) in [5, 5.41) is 1.92. The maximum Gasteiger partial charge on any atom is 0.268 e. The molecule has 3 aromatic rings. The van der Waals surface area contributed by atoms with Gasteiger partial charge in [0.1, 0.15) is 0 Å². The van der Waals surface area contributed by atoms with Gasteiger partial charge in [-0.15, -0.1) is 11.3 Å². The smallest absolute Gasteiger partial charge is 0.268 e. The molecule has 166 valence electrons. The van der Waals surface area contributed by atoms with Gasteiger partial charge in [0.2, 0.25) is 5.91 Å². The molecule has 1 aromatic heterocycles. The third-order valence-electron chi connectivity index (χ3n) is 5.87. The van der Waals surface area contributed by atoms with Gasteiger partial charge in [-0.1, -0.05) is 48.0 Å². The number of carbonyl (C=O) groups is 2. The lowest BCUT2D eigenvalue weighted by Crippen LogP contribution is -2.47. The maximum atomic E-state index is 13.3. The van der Waals surface area contributed by atoms with Gasteiger partial charge in [0.05, 0.1) is 17.8 Å². The van der Waals surface area contributed by atoms with Gasteiger partial charge in [0.25, 0.3) is 5.91 Å². The Morgan fingerprint density at radius 2 is 1.69 bits per heavy atom. The average Bonchev–Trinajstić information content (AvgIpc) is 3.34. The van der Waals surface area contributed by atoms with E-state index in [2.05, 4.69) is 43.1 Å². The second kappa shape index (κ2) is 10.1. The van der Waals surface area contributed by atoms with E-state index in [0.29, 0.717) is 17.8 Å². The number of carbonyl (C=O) groups excluding carboxylic acids is 2. The average molecular weight is 448 g/mol. The molecule has 0 bridgehead atoms. The number of anilines is 1. The summed E-state index contributed by atoms with van der Waals surface area (Å²) in [6, 6.07) is 19.8. The van der Waals surface area contributed by atoms with Crippen molar-refractivity contribution in [3.05, 3.63) is 87.6 Å². The van der Waals surface area contributed by atoms with E-state index in [4.69, 9.17) is 0 Å². The van der Waals surface area contributed by atoms with Crippen LogP contribution in [0.5, 0.6) is 0 Å². The monoisotopic (exact) mass is 447 g/mol. The molecule has 5 nitrogen and oxygen atoms in total. The number of likely N-dealkylation sites (N-methyl/N-ethyl adjacent to an activating group) is 1. The first kappa shape index (κ1) is 22.2. The third-order valence-corrected chi connectivity index (χ3v) is 6.73. The van der Waals surface area contributed by atoms with Crippen LogP contribution in [0.1, 0.15) is 26.4 Å². The molecule has 0 atom stereocenters. The van der Waals surface area contributed by atoms with E-state index in [-0.39, 0.29) is 11.8 Å². The quantitative estimate of drug-likeness (QED) is 0.568. The zero-order chi connectivity index (χ0) is 22.5. The van der Waals surface area contributed by atoms with Crippen LogP contribution in [0.2, 0.25) is 0 Å². The highest BCUT2D eigenvalue weighted by atomic mass is 32.1. The number of rotatable bonds is 6. The molecule has 32 heavy (non-hydrogen) atoms. The fraction of sp³-hybridized carbons (Fsp3) is 0.308. The number of hydrogen-bond donors (Lipinski definition) is 0. The molecule has 4 rings (SSSR count). The summed E-state index contributed by atoms with van der Waals surface area (Å²) in [4.78, 5) is 32.9. The van der Waals surface area contributed by atoms with Crippen molar-refractivity contribution in [1.82, 2.24) is 9.80 Å². The largest absolute Gasteiger partial charge is 0.340 e. The summed E-state index contributed by atoms with van der Waals surface area (Å²) >= 11 is 1.44. The van der Waals surface area contributed by atoms with Crippen molar-refractivity contribution in [2.24, 2.45) is 0 Å². The predicted molar refractivity (Wildman–Crippen MR) is 130 cm³/mol. The Hall–Kier alpha value is -2.96. The fourth-order valence-corrected chi connectivity index (χ4v) is 4.54. The van der Waals surface area contributed by atoms with E-state index >= 15 is 0 Å². The Morgan fingerprint density at radius 3 is 2.38 bits per heavy atom. The number of thiophene rings is 1. The van der Waals surface area contributed by atoms with Crippen LogP contribution in [0.15, 0.2) is 66.0 Å². The molecule has 1 aliphatic heterocycles. The van der Waals surface area contributed by atoms with Crippen molar-refractivity contribution in [2.75, 3.05) is 38.1 Å². The van der Waals surface area contributed by atoms with E-state index < -0.39 is 0 Å². The van der Waals surface area contributed by atoms with Crippen molar-refractivity contribution in [3.63, 3.8) is 0 Å². The molecule has 1 saturated heterocycles. The number of benzene rings is 2. The molecular weight excluding hydrogens is 418 g/mol. The Kier molecular flexibility index (Phi) is 7.02. The Morgan fingerprint density at radius 1 is 0.938 bits per heavy atom. The van der Waals surface area contributed by atoms with Crippen molar-refractivity contribution in [2.45, 2.75) is 19.9 Å². The van der Waals surface area contributed by atoms with Crippen LogP contribution < -0.4 is 4.90 Å². The second-order valence-electron chi connectivity index (χ2n) is 8.38. The van der Waals surface area contributed by atoms with Crippen LogP contribution in [-0.4, -0.2) is 54.8 Å². The summed E-state index contributed by atoms with van der Waals surface area (Å²) in [7, 11) is 2.08. The normalized spacial score (nSPS) is 14.4. The molecule has 6 heteroatoms. The van der Waals surface area contributed by atoms with Crippen LogP contribution in [0.3, 0.4) is 0 Å². The number of aryl methyl sites for hydroxylation is 1. The van der Waals surface area contributed by atoms with Crippen LogP contribution in [0.4, 0.5) is 5.69 Å². The molecule has 0 radical (unpaired) electrons. The zero-order valence-electron chi connectivity index (χ0n) is 18.7. The van der Waals surface area contributed by atoms with Crippen molar-refractivity contribution in [1.29, 1.82) is 0 Å². The first-order valence-electron chi connectivity index (χ1n) is 11.0. The van der Waals surface area contributed by atoms with Crippen LogP contribution in [0, 0.1) is 6.92 Å². The third kappa shape index (κ3) is 5.44. The second-order valence-corrected chi connectivity index (χ2v) is 9.33. The highest BCUT2D eigenvalue weighted by Gasteiger charge is 2.22. The summed E-state index contributed by atoms with van der Waals surface area (Å²) in [6.07, 6.45) is 0.350. The molecule has 0 saturated carbocycles. The molecule has 2 aromatic carbocycles. The summed E-state index contributed by atoms with van der Waals surface area (Å²) < 4.78 is 0. The molecule has 0 spiro atoms. The minimum absolute atomic E-state index is 0.0249. The van der Waals surface area contributed by atoms with Crippen molar-refractivity contribution >= 4 is 28.8 Å². The topological polar surface area (TPSA) is 43.9 Å². The lowest BCUT2D eigenvalue weighted by atomic mass is 10.1. The van der Waals surface area contributed by atoms with Gasteiger partial charge in [-0.3, -0.25) is 9.59 Å². The van der Waals surface area contributed by atoms with Crippen LogP contribution in [-0.2, 0) is 17.8 Å². The SMILES string of the molecule is Cc1ccc(CN(C(=O)c2cccs2)c2cccc(CC(=O)N3CCN(C)CC3)c2)cc1. The van der Waals surface area contributed by atoms with Gasteiger partial charge in [-0.05, 0) is 48.7 Å². The first-order valence-corrected chi connectivity index (χ1v) is 11.8. The van der Waals surface area contributed by atoms with Gasteiger partial charge in [-0.2, -0.15) is 0 Å². The van der Waals surface area contributed by atoms with E-state index in [1.807, 2.05) is 46.7 Å². The lowest BCUT2D eigenvalue weighted by molar-refractivity contribution is -0.132. The van der Waals surface area contributed by atoms with E-state index in [1.165, 1.54) is 16.9 Å². The minimum Gasteiger partial charge on any atom is -0.340 e. The lowest BCUT2D eigenvalue weighted by Gasteiger charge is -2.32. The van der Waals surface area contributed by atoms with E-state index in [9.17, 15) is 9.59 Å². The Labute approximate surface area is 193 Å². The number of nitrogens with zero attached hydrogens (tertiary/aromatic N) is 3. The molecule has 0 N–H and O–H groups in total. The van der Waals surface area contributed by atoms with Crippen LogP contribution in [0.25, 0.3) is 0 Å². The van der Waals surface area contributed by atoms with Gasteiger partial charge in [0, 0.05) is 31.9 Å². The van der Waals surface area contributed by atoms with Gasteiger partial charge in [0.15, 0.2) is 0 Å². The van der Waals surface area contributed by atoms with E-state index in [1.54, 1.807) is 4.90 Å². The maximum absolute atomic E-state index is 13.3. The van der Waals surface area contributed by atoms with E-state index in [0.717, 1.165) is 43.0 Å². The van der Waals surface area contributed by atoms with Gasteiger partial charge in [-0.25, -0.2) is 0 Å². The summed E-state index contributed by atoms with van der Waals surface area (Å²) in [5.41, 5.74) is 4.00. The highest BCUT2D eigenvalue weighted by molar-refractivity contribution is 7.12. The first-order chi connectivity index (χ1) is 15.5. The number of hydrogen-bond acceptors (Lipinski definition) is 4. The van der Waals surface area contributed by atoms with Gasteiger partial charge >= 0.3 is 0 Å². The molecule has 1 aliphatic rings. The molecule has 1 fully saturated rings. The summed E-state index contributed by atoms with van der Waals surface area (Å²) in [5.74, 6) is 0.119. The van der Waals surface area contributed by atoms with Crippen molar-refractivity contribution < 1.29 is 9.59 Å². The molecule has 0 unspecified atom stereocenters. The summed E-state index contributed by atoms with van der Waals surface area (Å²) in [6.45, 7) is 5.89. The molecular formula is C26H29N3O2S. The van der Waals surface area contributed by atoms with Crippen molar-refractivity contribution in [3.8, 4) is 0 Å². The fourth-order valence-electron chi connectivity index (χ4n) is 3.87.